The SMILES string of the molecule is Cc1ccccc1-n1ncc(C(=O)N2C[C@@H](C(F)(F)F)[C@H](C(=O)O)C2)c1C. The van der Waals surface area contributed by atoms with Crippen molar-refractivity contribution in [3.63, 3.8) is 0 Å². The predicted molar refractivity (Wildman–Crippen MR) is 89.6 cm³/mol. The van der Waals surface area contributed by atoms with Crippen molar-refractivity contribution in [2.75, 3.05) is 13.1 Å². The number of hydrogen-bond donors (Lipinski definition) is 1. The van der Waals surface area contributed by atoms with E-state index in [0.29, 0.717) is 5.69 Å². The van der Waals surface area contributed by atoms with Gasteiger partial charge in [0.25, 0.3) is 5.91 Å². The molecule has 0 saturated carbocycles. The maximum atomic E-state index is 13.1. The van der Waals surface area contributed by atoms with Gasteiger partial charge in [-0.3, -0.25) is 9.59 Å². The van der Waals surface area contributed by atoms with E-state index in [2.05, 4.69) is 5.10 Å². The van der Waals surface area contributed by atoms with Gasteiger partial charge in [-0.1, -0.05) is 18.2 Å². The Morgan fingerprint density at radius 1 is 1.19 bits per heavy atom. The van der Waals surface area contributed by atoms with E-state index >= 15 is 0 Å². The first-order valence-corrected chi connectivity index (χ1v) is 8.30. The van der Waals surface area contributed by atoms with Gasteiger partial charge in [0.05, 0.1) is 35.0 Å². The molecule has 3 rings (SSSR count). The summed E-state index contributed by atoms with van der Waals surface area (Å²) in [6.45, 7) is 2.38. The van der Waals surface area contributed by atoms with Crippen LogP contribution in [0.2, 0.25) is 0 Å². The summed E-state index contributed by atoms with van der Waals surface area (Å²) in [5, 5.41) is 13.3. The normalized spacial score (nSPS) is 20.1. The molecule has 1 aromatic carbocycles. The van der Waals surface area contributed by atoms with E-state index in [1.165, 1.54) is 6.20 Å². The topological polar surface area (TPSA) is 75.4 Å². The summed E-state index contributed by atoms with van der Waals surface area (Å²) in [6, 6.07) is 7.37. The van der Waals surface area contributed by atoms with Crippen LogP contribution >= 0.6 is 0 Å². The Labute approximate surface area is 153 Å². The van der Waals surface area contributed by atoms with Crippen LogP contribution in [-0.2, 0) is 4.79 Å². The zero-order valence-corrected chi connectivity index (χ0v) is 14.7. The molecule has 9 heteroatoms. The van der Waals surface area contributed by atoms with Crippen molar-refractivity contribution in [2.24, 2.45) is 11.8 Å². The maximum absolute atomic E-state index is 13.1. The van der Waals surface area contributed by atoms with E-state index in [9.17, 15) is 22.8 Å². The number of amides is 1. The van der Waals surface area contributed by atoms with Crippen LogP contribution in [-0.4, -0.2) is 50.9 Å². The van der Waals surface area contributed by atoms with Crippen LogP contribution in [0, 0.1) is 25.7 Å². The van der Waals surface area contributed by atoms with Crippen LogP contribution in [0.25, 0.3) is 5.69 Å². The van der Waals surface area contributed by atoms with Crippen LogP contribution in [0.3, 0.4) is 0 Å². The highest BCUT2D eigenvalue weighted by molar-refractivity contribution is 5.96. The molecule has 2 atom stereocenters. The summed E-state index contributed by atoms with van der Waals surface area (Å²) in [5.74, 6) is -5.95. The third-order valence-corrected chi connectivity index (χ3v) is 4.93. The number of benzene rings is 1. The van der Waals surface area contributed by atoms with E-state index in [1.807, 2.05) is 31.2 Å². The Morgan fingerprint density at radius 3 is 2.41 bits per heavy atom. The highest BCUT2D eigenvalue weighted by Gasteiger charge is 2.53. The highest BCUT2D eigenvalue weighted by Crippen LogP contribution is 2.38. The lowest BCUT2D eigenvalue weighted by molar-refractivity contribution is -0.187. The molecule has 1 N–H and O–H groups in total. The van der Waals surface area contributed by atoms with Gasteiger partial charge in [0.15, 0.2) is 0 Å². The molecule has 144 valence electrons. The minimum atomic E-state index is -4.68. The first-order valence-electron chi connectivity index (χ1n) is 8.30. The molecular weight excluding hydrogens is 363 g/mol. The summed E-state index contributed by atoms with van der Waals surface area (Å²) in [7, 11) is 0. The number of hydrogen-bond acceptors (Lipinski definition) is 3. The molecule has 0 aliphatic carbocycles. The monoisotopic (exact) mass is 381 g/mol. The number of carboxylic acid groups (broad SMARTS) is 1. The quantitative estimate of drug-likeness (QED) is 0.887. The van der Waals surface area contributed by atoms with Crippen LogP contribution in [0.15, 0.2) is 30.5 Å². The first kappa shape index (κ1) is 18.9. The van der Waals surface area contributed by atoms with Crippen molar-refractivity contribution in [2.45, 2.75) is 20.0 Å². The number of aryl methyl sites for hydroxylation is 1. The lowest BCUT2D eigenvalue weighted by atomic mass is 9.96. The molecule has 0 bridgehead atoms. The second kappa shape index (κ2) is 6.71. The minimum Gasteiger partial charge on any atom is -0.481 e. The number of para-hydroxylation sites is 1. The Morgan fingerprint density at radius 2 is 1.85 bits per heavy atom. The second-order valence-electron chi connectivity index (χ2n) is 6.64. The third kappa shape index (κ3) is 3.41. The van der Waals surface area contributed by atoms with E-state index < -0.39 is 43.0 Å². The van der Waals surface area contributed by atoms with Crippen molar-refractivity contribution in [3.05, 3.63) is 47.3 Å². The largest absolute Gasteiger partial charge is 0.481 e. The molecule has 1 fully saturated rings. The van der Waals surface area contributed by atoms with Crippen LogP contribution < -0.4 is 0 Å². The molecule has 0 unspecified atom stereocenters. The Balaban J connectivity index is 1.89. The highest BCUT2D eigenvalue weighted by atomic mass is 19.4. The average molecular weight is 381 g/mol. The molecule has 0 radical (unpaired) electrons. The Bertz CT molecular complexity index is 891. The zero-order chi connectivity index (χ0) is 19.9. The number of halogens is 3. The molecule has 2 heterocycles. The van der Waals surface area contributed by atoms with Crippen molar-refractivity contribution >= 4 is 11.9 Å². The summed E-state index contributed by atoms with van der Waals surface area (Å²) in [4.78, 5) is 24.9. The van der Waals surface area contributed by atoms with Crippen molar-refractivity contribution < 1.29 is 27.9 Å². The van der Waals surface area contributed by atoms with E-state index in [4.69, 9.17) is 5.11 Å². The van der Waals surface area contributed by atoms with Crippen molar-refractivity contribution in [3.8, 4) is 5.69 Å². The Hall–Kier alpha value is -2.84. The molecule has 1 aliphatic heterocycles. The summed E-state index contributed by atoms with van der Waals surface area (Å²) < 4.78 is 41.0. The van der Waals surface area contributed by atoms with E-state index in [-0.39, 0.29) is 5.56 Å². The fourth-order valence-corrected chi connectivity index (χ4v) is 3.39. The maximum Gasteiger partial charge on any atom is 0.394 e. The first-order chi connectivity index (χ1) is 12.6. The molecule has 1 aromatic heterocycles. The number of aromatic nitrogens is 2. The van der Waals surface area contributed by atoms with Crippen LogP contribution in [0.4, 0.5) is 13.2 Å². The van der Waals surface area contributed by atoms with E-state index in [1.54, 1.807) is 11.6 Å². The number of aliphatic carboxylic acids is 1. The molecular formula is C18H18F3N3O3. The van der Waals surface area contributed by atoms with Gasteiger partial charge >= 0.3 is 12.1 Å². The molecule has 1 amide bonds. The summed E-state index contributed by atoms with van der Waals surface area (Å²) in [6.07, 6.45) is -3.38. The molecule has 6 nitrogen and oxygen atoms in total. The number of nitrogens with zero attached hydrogens (tertiary/aromatic N) is 3. The molecule has 27 heavy (non-hydrogen) atoms. The van der Waals surface area contributed by atoms with Gasteiger partial charge in [-0.05, 0) is 25.5 Å². The number of carbonyl (C=O) groups excluding carboxylic acids is 1. The van der Waals surface area contributed by atoms with Gasteiger partial charge in [0.1, 0.15) is 0 Å². The number of rotatable bonds is 3. The fourth-order valence-electron chi connectivity index (χ4n) is 3.39. The number of carbonyl (C=O) groups is 2. The van der Waals surface area contributed by atoms with Gasteiger partial charge in [0.2, 0.25) is 0 Å². The van der Waals surface area contributed by atoms with Crippen LogP contribution in [0.5, 0.6) is 0 Å². The minimum absolute atomic E-state index is 0.158. The van der Waals surface area contributed by atoms with Gasteiger partial charge < -0.3 is 10.0 Å². The van der Waals surface area contributed by atoms with Gasteiger partial charge in [-0.15, -0.1) is 0 Å². The number of likely N-dealkylation sites (tertiary alicyclic amines) is 1. The predicted octanol–water partition coefficient (Wildman–Crippen LogP) is 2.82. The average Bonchev–Trinajstić information content (AvgIpc) is 3.19. The molecule has 1 aliphatic rings. The van der Waals surface area contributed by atoms with Gasteiger partial charge in [-0.25, -0.2) is 4.68 Å². The molecule has 0 spiro atoms. The third-order valence-electron chi connectivity index (χ3n) is 4.93. The van der Waals surface area contributed by atoms with Crippen molar-refractivity contribution in [1.82, 2.24) is 14.7 Å². The van der Waals surface area contributed by atoms with E-state index in [0.717, 1.165) is 16.2 Å². The Kier molecular flexibility index (Phi) is 4.71. The van der Waals surface area contributed by atoms with Gasteiger partial charge in [0, 0.05) is 13.1 Å². The van der Waals surface area contributed by atoms with Crippen LogP contribution in [0.1, 0.15) is 21.6 Å². The lowest BCUT2D eigenvalue weighted by Crippen LogP contribution is -2.34. The number of carboxylic acids is 1. The smallest absolute Gasteiger partial charge is 0.394 e. The second-order valence-corrected chi connectivity index (χ2v) is 6.64. The van der Waals surface area contributed by atoms with Gasteiger partial charge in [-0.2, -0.15) is 18.3 Å². The van der Waals surface area contributed by atoms with Crippen molar-refractivity contribution in [1.29, 1.82) is 0 Å². The fraction of sp³-hybridized carbons (Fsp3) is 0.389. The number of alkyl halides is 3. The summed E-state index contributed by atoms with van der Waals surface area (Å²) >= 11 is 0. The zero-order valence-electron chi connectivity index (χ0n) is 14.7. The molecule has 2 aromatic rings. The summed E-state index contributed by atoms with van der Waals surface area (Å²) in [5.41, 5.74) is 2.32. The molecule has 1 saturated heterocycles. The lowest BCUT2D eigenvalue weighted by Gasteiger charge is -2.18. The standard InChI is InChI=1S/C18H18F3N3O3/c1-10-5-3-4-6-15(10)24-11(2)12(7-22-24)16(25)23-8-13(17(26)27)14(9-23)18(19,20)21/h3-7,13-14H,8-9H2,1-2H3,(H,26,27)/t13-,14-/m1/s1.